The minimum atomic E-state index is -0.563. The third-order valence-electron chi connectivity index (χ3n) is 2.51. The molecule has 0 aromatic heterocycles. The lowest BCUT2D eigenvalue weighted by Crippen LogP contribution is -2.58. The number of piperazine rings is 1. The second-order valence-corrected chi connectivity index (χ2v) is 3.71. The van der Waals surface area contributed by atoms with Crippen molar-refractivity contribution in [1.29, 1.82) is 0 Å². The van der Waals surface area contributed by atoms with Crippen molar-refractivity contribution < 1.29 is 14.4 Å². The van der Waals surface area contributed by atoms with E-state index >= 15 is 0 Å². The molecule has 0 spiro atoms. The second kappa shape index (κ2) is 5.60. The molecule has 1 saturated heterocycles. The van der Waals surface area contributed by atoms with Crippen LogP contribution in [0.1, 0.15) is 20.3 Å². The first-order chi connectivity index (χ1) is 7.56. The summed E-state index contributed by atoms with van der Waals surface area (Å²) in [5, 5.41) is 5.22. The van der Waals surface area contributed by atoms with E-state index in [2.05, 4.69) is 10.6 Å². The molecule has 3 amide bonds. The van der Waals surface area contributed by atoms with Crippen LogP contribution in [-0.2, 0) is 14.4 Å². The molecule has 1 unspecified atom stereocenters. The average Bonchev–Trinajstić information content (AvgIpc) is 2.23. The molecule has 1 rings (SSSR count). The third-order valence-corrected chi connectivity index (χ3v) is 2.51. The van der Waals surface area contributed by atoms with Gasteiger partial charge in [0.25, 0.3) is 0 Å². The van der Waals surface area contributed by atoms with Gasteiger partial charge in [0.15, 0.2) is 0 Å². The van der Waals surface area contributed by atoms with Crippen molar-refractivity contribution in [2.45, 2.75) is 26.3 Å². The van der Waals surface area contributed by atoms with Crippen molar-refractivity contribution in [2.24, 2.45) is 0 Å². The first-order valence-electron chi connectivity index (χ1n) is 5.40. The van der Waals surface area contributed by atoms with E-state index < -0.39 is 17.9 Å². The maximum atomic E-state index is 11.7. The van der Waals surface area contributed by atoms with Gasteiger partial charge in [-0.2, -0.15) is 0 Å². The number of carbonyl (C=O) groups is 3. The van der Waals surface area contributed by atoms with Crippen LogP contribution in [0.4, 0.5) is 0 Å². The zero-order valence-corrected chi connectivity index (χ0v) is 9.58. The van der Waals surface area contributed by atoms with Gasteiger partial charge in [-0.3, -0.25) is 19.7 Å². The minimum absolute atomic E-state index is 0.0299. The van der Waals surface area contributed by atoms with E-state index in [0.717, 1.165) is 6.54 Å². The number of hydrogen-bond acceptors (Lipinski definition) is 4. The Bertz CT molecular complexity index is 304. The van der Waals surface area contributed by atoms with Crippen LogP contribution < -0.4 is 10.6 Å². The zero-order chi connectivity index (χ0) is 12.1. The first kappa shape index (κ1) is 12.6. The SMILES string of the molecule is CCNCCC(=O)N1CC(=O)NC(=O)C1C. The summed E-state index contributed by atoms with van der Waals surface area (Å²) in [6.07, 6.45) is 0.304. The average molecular weight is 227 g/mol. The van der Waals surface area contributed by atoms with Gasteiger partial charge in [-0.15, -0.1) is 0 Å². The fourth-order valence-electron chi connectivity index (χ4n) is 1.53. The van der Waals surface area contributed by atoms with E-state index in [1.165, 1.54) is 4.90 Å². The number of amides is 3. The van der Waals surface area contributed by atoms with Gasteiger partial charge < -0.3 is 10.2 Å². The van der Waals surface area contributed by atoms with Crippen LogP contribution in [-0.4, -0.2) is 48.3 Å². The van der Waals surface area contributed by atoms with Gasteiger partial charge in [0.2, 0.25) is 17.7 Å². The van der Waals surface area contributed by atoms with Gasteiger partial charge >= 0.3 is 0 Å². The minimum Gasteiger partial charge on any atom is -0.322 e. The first-order valence-corrected chi connectivity index (χ1v) is 5.40. The molecule has 0 aromatic carbocycles. The second-order valence-electron chi connectivity index (χ2n) is 3.71. The van der Waals surface area contributed by atoms with Crippen molar-refractivity contribution >= 4 is 17.7 Å². The van der Waals surface area contributed by atoms with Crippen LogP contribution in [0.15, 0.2) is 0 Å². The zero-order valence-electron chi connectivity index (χ0n) is 9.58. The Labute approximate surface area is 94.4 Å². The van der Waals surface area contributed by atoms with Crippen molar-refractivity contribution in [3.8, 4) is 0 Å². The highest BCUT2D eigenvalue weighted by atomic mass is 16.2. The molecule has 1 aliphatic heterocycles. The summed E-state index contributed by atoms with van der Waals surface area (Å²) in [5.41, 5.74) is 0. The van der Waals surface area contributed by atoms with E-state index in [1.807, 2.05) is 6.92 Å². The third kappa shape index (κ3) is 3.03. The van der Waals surface area contributed by atoms with E-state index in [-0.39, 0.29) is 12.5 Å². The van der Waals surface area contributed by atoms with Gasteiger partial charge in [-0.05, 0) is 13.5 Å². The van der Waals surface area contributed by atoms with E-state index in [0.29, 0.717) is 13.0 Å². The Morgan fingerprint density at radius 2 is 2.25 bits per heavy atom. The fraction of sp³-hybridized carbons (Fsp3) is 0.700. The van der Waals surface area contributed by atoms with Crippen molar-refractivity contribution in [3.05, 3.63) is 0 Å². The van der Waals surface area contributed by atoms with Crippen LogP contribution in [0.2, 0.25) is 0 Å². The molecule has 1 heterocycles. The maximum Gasteiger partial charge on any atom is 0.249 e. The lowest BCUT2D eigenvalue weighted by Gasteiger charge is -2.31. The van der Waals surface area contributed by atoms with Crippen molar-refractivity contribution in [2.75, 3.05) is 19.6 Å². The number of nitrogens with one attached hydrogen (secondary N) is 2. The molecule has 0 bridgehead atoms. The number of imide groups is 1. The number of nitrogens with zero attached hydrogens (tertiary/aromatic N) is 1. The van der Waals surface area contributed by atoms with Gasteiger partial charge in [0.05, 0.1) is 0 Å². The van der Waals surface area contributed by atoms with Crippen LogP contribution in [0.5, 0.6) is 0 Å². The molecule has 1 atom stereocenters. The van der Waals surface area contributed by atoms with E-state index in [1.54, 1.807) is 6.92 Å². The van der Waals surface area contributed by atoms with Gasteiger partial charge in [-0.1, -0.05) is 6.92 Å². The standard InChI is InChI=1S/C10H17N3O3/c1-3-11-5-4-9(15)13-6-8(14)12-10(16)7(13)2/h7,11H,3-6H2,1-2H3,(H,12,14,16). The maximum absolute atomic E-state index is 11.7. The molecule has 0 radical (unpaired) electrons. The van der Waals surface area contributed by atoms with Crippen LogP contribution in [0.3, 0.4) is 0 Å². The Balaban J connectivity index is 2.53. The predicted molar refractivity (Wildman–Crippen MR) is 57.5 cm³/mol. The summed E-state index contributed by atoms with van der Waals surface area (Å²) in [7, 11) is 0. The Morgan fingerprint density at radius 3 is 2.88 bits per heavy atom. The molecule has 90 valence electrons. The molecule has 0 aromatic rings. The van der Waals surface area contributed by atoms with Crippen LogP contribution in [0, 0.1) is 0 Å². The van der Waals surface area contributed by atoms with Crippen molar-refractivity contribution in [1.82, 2.24) is 15.5 Å². The van der Waals surface area contributed by atoms with Crippen LogP contribution in [0.25, 0.3) is 0 Å². The topological polar surface area (TPSA) is 78.5 Å². The molecule has 6 heteroatoms. The Morgan fingerprint density at radius 1 is 1.56 bits per heavy atom. The lowest BCUT2D eigenvalue weighted by atomic mass is 10.2. The highest BCUT2D eigenvalue weighted by Gasteiger charge is 2.32. The molecular weight excluding hydrogens is 210 g/mol. The molecule has 1 fully saturated rings. The number of carbonyl (C=O) groups excluding carboxylic acids is 3. The summed E-state index contributed by atoms with van der Waals surface area (Å²) in [6, 6.07) is -0.563. The molecule has 16 heavy (non-hydrogen) atoms. The summed E-state index contributed by atoms with van der Waals surface area (Å²) >= 11 is 0. The predicted octanol–water partition coefficient (Wildman–Crippen LogP) is -1.14. The molecule has 0 aliphatic carbocycles. The van der Waals surface area contributed by atoms with E-state index in [4.69, 9.17) is 0 Å². The molecular formula is C10H17N3O3. The molecule has 1 aliphatic rings. The Hall–Kier alpha value is -1.43. The van der Waals surface area contributed by atoms with E-state index in [9.17, 15) is 14.4 Å². The van der Waals surface area contributed by atoms with Crippen molar-refractivity contribution in [3.63, 3.8) is 0 Å². The number of rotatable bonds is 4. The number of hydrogen-bond donors (Lipinski definition) is 2. The monoisotopic (exact) mass is 227 g/mol. The Kier molecular flexibility index (Phi) is 4.42. The van der Waals surface area contributed by atoms with Gasteiger partial charge in [-0.25, -0.2) is 0 Å². The summed E-state index contributed by atoms with van der Waals surface area (Å²) < 4.78 is 0. The summed E-state index contributed by atoms with van der Waals surface area (Å²) in [4.78, 5) is 35.5. The largest absolute Gasteiger partial charge is 0.322 e. The highest BCUT2D eigenvalue weighted by molar-refractivity contribution is 6.04. The fourth-order valence-corrected chi connectivity index (χ4v) is 1.53. The smallest absolute Gasteiger partial charge is 0.249 e. The quantitative estimate of drug-likeness (QED) is 0.470. The van der Waals surface area contributed by atoms with Crippen LogP contribution >= 0.6 is 0 Å². The lowest BCUT2D eigenvalue weighted by molar-refractivity contribution is -0.149. The highest BCUT2D eigenvalue weighted by Crippen LogP contribution is 2.06. The molecule has 2 N–H and O–H groups in total. The summed E-state index contributed by atoms with van der Waals surface area (Å²) in [5.74, 6) is -0.996. The molecule has 0 saturated carbocycles. The summed E-state index contributed by atoms with van der Waals surface area (Å²) in [6.45, 7) is 4.90. The van der Waals surface area contributed by atoms with Gasteiger partial charge in [0, 0.05) is 13.0 Å². The normalized spacial score (nSPS) is 20.9. The molecule has 6 nitrogen and oxygen atoms in total. The van der Waals surface area contributed by atoms with Gasteiger partial charge in [0.1, 0.15) is 12.6 Å².